The smallest absolute Gasteiger partial charge is 0.253 e. The maximum absolute atomic E-state index is 14.8. The van der Waals surface area contributed by atoms with Gasteiger partial charge in [-0.05, 0) is 93.0 Å². The molecule has 0 radical (unpaired) electrons. The molecule has 0 spiro atoms. The standard InChI is InChI=1S/C59H89N7O10/c1-13-41(6)55(49(75-11)37-53(71)65-33-20-23-48(65)56(76-12)42(7)57(72)60-45(38-67)36-44-21-16-14-17-22-44)64(10)59(74)47(35-39(2)3)61-58(73)54(40(4)5)62(8)34-31-43-25-27-46(28-26-43)63(9)50(68)24-18-15-19-32-66-51(69)29-30-52(66)70/h14,16-17,21-22,25-30,38-42,45,47-49,54-56H,13,15,18-20,23-24,31-37H2,1-12H3,(H,60,72)(H,61,73)/t41-,42+,45-,47-,48-,49+,54-,55-,56+/m0/s1. The third-order valence-electron chi connectivity index (χ3n) is 15.4. The molecule has 2 aromatic carbocycles. The number of nitrogens with zero attached hydrogens (tertiary/aromatic N) is 5. The van der Waals surface area contributed by atoms with E-state index in [0.717, 1.165) is 29.5 Å². The van der Waals surface area contributed by atoms with Gasteiger partial charge in [-0.3, -0.25) is 43.4 Å². The summed E-state index contributed by atoms with van der Waals surface area (Å²) in [5.74, 6) is -2.41. The van der Waals surface area contributed by atoms with E-state index < -0.39 is 48.3 Å². The van der Waals surface area contributed by atoms with Crippen LogP contribution in [-0.2, 0) is 60.7 Å². The van der Waals surface area contributed by atoms with Crippen molar-refractivity contribution in [3.8, 4) is 0 Å². The molecule has 0 aromatic heterocycles. The molecule has 0 bridgehead atoms. The molecule has 2 aliphatic heterocycles. The number of likely N-dealkylation sites (tertiary alicyclic amines) is 1. The third kappa shape index (κ3) is 17.6. The number of hydrogen-bond donors (Lipinski definition) is 2. The minimum Gasteiger partial charge on any atom is -0.379 e. The van der Waals surface area contributed by atoms with Crippen LogP contribution in [-0.4, -0.2) is 165 Å². The average Bonchev–Trinajstić information content (AvgIpc) is 4.02. The van der Waals surface area contributed by atoms with Crippen molar-refractivity contribution in [1.29, 1.82) is 0 Å². The molecule has 76 heavy (non-hydrogen) atoms. The van der Waals surface area contributed by atoms with Gasteiger partial charge in [-0.25, -0.2) is 0 Å². The zero-order valence-corrected chi connectivity index (χ0v) is 47.5. The van der Waals surface area contributed by atoms with Crippen LogP contribution in [0.3, 0.4) is 0 Å². The average molecular weight is 1060 g/mol. The number of benzene rings is 2. The lowest BCUT2D eigenvalue weighted by Crippen LogP contribution is -2.59. The fraction of sp³-hybridized carbons (Fsp3) is 0.627. The number of rotatable bonds is 32. The minimum atomic E-state index is -0.840. The Bertz CT molecular complexity index is 2240. The zero-order chi connectivity index (χ0) is 56.2. The third-order valence-corrected chi connectivity index (χ3v) is 15.4. The lowest BCUT2D eigenvalue weighted by atomic mass is 9.89. The number of carbonyl (C=O) groups is 8. The lowest BCUT2D eigenvalue weighted by molar-refractivity contribution is -0.147. The van der Waals surface area contributed by atoms with E-state index in [0.29, 0.717) is 77.4 Å². The molecule has 0 aliphatic carbocycles. The van der Waals surface area contributed by atoms with Gasteiger partial charge in [-0.15, -0.1) is 0 Å². The lowest BCUT2D eigenvalue weighted by Gasteiger charge is -2.41. The minimum absolute atomic E-state index is 0.0192. The molecule has 420 valence electrons. The van der Waals surface area contributed by atoms with E-state index in [1.54, 1.807) is 42.8 Å². The number of unbranched alkanes of at least 4 members (excludes halogenated alkanes) is 2. The van der Waals surface area contributed by atoms with Gasteiger partial charge in [0.25, 0.3) is 11.8 Å². The highest BCUT2D eigenvalue weighted by molar-refractivity contribution is 6.12. The summed E-state index contributed by atoms with van der Waals surface area (Å²) >= 11 is 0. The van der Waals surface area contributed by atoms with Gasteiger partial charge in [0, 0.05) is 72.2 Å². The second-order valence-electron chi connectivity index (χ2n) is 21.7. The number of anilines is 1. The van der Waals surface area contributed by atoms with Crippen LogP contribution in [0.15, 0.2) is 66.7 Å². The van der Waals surface area contributed by atoms with Crippen molar-refractivity contribution in [1.82, 2.24) is 30.2 Å². The molecule has 2 aliphatic rings. The molecule has 17 nitrogen and oxygen atoms in total. The largest absolute Gasteiger partial charge is 0.379 e. The highest BCUT2D eigenvalue weighted by Gasteiger charge is 2.43. The highest BCUT2D eigenvalue weighted by Crippen LogP contribution is 2.30. The van der Waals surface area contributed by atoms with Crippen molar-refractivity contribution < 1.29 is 47.8 Å². The molecule has 2 aromatic rings. The topological polar surface area (TPSA) is 195 Å². The number of nitrogens with one attached hydrogen (secondary N) is 2. The summed E-state index contributed by atoms with van der Waals surface area (Å²) in [6.07, 6.45) is 7.73. The van der Waals surface area contributed by atoms with Crippen LogP contribution in [0, 0.1) is 23.7 Å². The Morgan fingerprint density at radius 1 is 0.816 bits per heavy atom. The van der Waals surface area contributed by atoms with Crippen molar-refractivity contribution in [2.24, 2.45) is 23.7 Å². The summed E-state index contributed by atoms with van der Waals surface area (Å²) in [5, 5.41) is 6.04. The number of likely N-dealkylation sites (N-methyl/N-ethyl adjacent to an activating group) is 2. The van der Waals surface area contributed by atoms with E-state index in [9.17, 15) is 38.4 Å². The van der Waals surface area contributed by atoms with E-state index in [2.05, 4.69) is 10.6 Å². The quantitative estimate of drug-likeness (QED) is 0.0495. The maximum Gasteiger partial charge on any atom is 0.253 e. The van der Waals surface area contributed by atoms with Gasteiger partial charge < -0.3 is 39.6 Å². The summed E-state index contributed by atoms with van der Waals surface area (Å²) in [6, 6.07) is 14.3. The van der Waals surface area contributed by atoms with Crippen LogP contribution >= 0.6 is 0 Å². The summed E-state index contributed by atoms with van der Waals surface area (Å²) in [5.41, 5.74) is 2.72. The number of aldehydes is 1. The number of ether oxygens (including phenoxy) is 2. The van der Waals surface area contributed by atoms with E-state index in [1.165, 1.54) is 24.2 Å². The van der Waals surface area contributed by atoms with Gasteiger partial charge in [-0.1, -0.05) is 104 Å². The van der Waals surface area contributed by atoms with Crippen molar-refractivity contribution in [2.45, 2.75) is 162 Å². The van der Waals surface area contributed by atoms with Gasteiger partial charge in [0.15, 0.2) is 0 Å². The first kappa shape index (κ1) is 62.8. The summed E-state index contributed by atoms with van der Waals surface area (Å²) in [7, 11) is 8.48. The molecule has 9 atom stereocenters. The van der Waals surface area contributed by atoms with Gasteiger partial charge in [0.1, 0.15) is 12.3 Å². The first-order valence-electron chi connectivity index (χ1n) is 27.5. The Balaban J connectivity index is 1.38. The van der Waals surface area contributed by atoms with E-state index in [1.807, 2.05) is 108 Å². The molecule has 1 saturated heterocycles. The molecule has 1 fully saturated rings. The Labute approximate surface area is 452 Å². The number of hydrogen-bond acceptors (Lipinski definition) is 11. The van der Waals surface area contributed by atoms with Crippen LogP contribution in [0.5, 0.6) is 0 Å². The SMILES string of the molecule is CC[C@H](C)[C@@H]([C@@H](CC(=O)N1CCC[C@H]1[C@H](OC)[C@@H](C)C(=O)N[C@H](C=O)Cc1ccccc1)OC)N(C)C(=O)[C@H](CC(C)C)NC(=O)[C@H](C(C)C)N(C)CCc1ccc(N(C)C(=O)CCCCCN2C(=O)C=CC2=O)cc1. The molecule has 2 N–H and O–H groups in total. The van der Waals surface area contributed by atoms with Crippen LogP contribution in [0.4, 0.5) is 5.69 Å². The maximum atomic E-state index is 14.8. The Morgan fingerprint density at radius 3 is 2.05 bits per heavy atom. The first-order chi connectivity index (χ1) is 36.2. The van der Waals surface area contributed by atoms with Crippen LogP contribution in [0.25, 0.3) is 0 Å². The van der Waals surface area contributed by atoms with Crippen LogP contribution in [0.1, 0.15) is 117 Å². The summed E-state index contributed by atoms with van der Waals surface area (Å²) in [4.78, 5) is 114. The molecule has 4 rings (SSSR count). The van der Waals surface area contributed by atoms with Crippen LogP contribution < -0.4 is 15.5 Å². The fourth-order valence-corrected chi connectivity index (χ4v) is 10.8. The predicted molar refractivity (Wildman–Crippen MR) is 295 cm³/mol. The summed E-state index contributed by atoms with van der Waals surface area (Å²) < 4.78 is 12.1. The van der Waals surface area contributed by atoms with Crippen molar-refractivity contribution in [3.63, 3.8) is 0 Å². The predicted octanol–water partition coefficient (Wildman–Crippen LogP) is 6.01. The van der Waals surface area contributed by atoms with Gasteiger partial charge in [0.05, 0.1) is 48.7 Å². The van der Waals surface area contributed by atoms with Crippen molar-refractivity contribution in [3.05, 3.63) is 77.9 Å². The molecule has 2 heterocycles. The Morgan fingerprint density at radius 2 is 1.47 bits per heavy atom. The number of methoxy groups -OCH3 is 2. The first-order valence-corrected chi connectivity index (χ1v) is 27.5. The molecule has 7 amide bonds. The molecule has 0 unspecified atom stereocenters. The molecular weight excluding hydrogens is 967 g/mol. The molecule has 0 saturated carbocycles. The Hall–Kier alpha value is -5.78. The van der Waals surface area contributed by atoms with Gasteiger partial charge in [0.2, 0.25) is 29.5 Å². The number of imide groups is 1. The molecule has 17 heteroatoms. The van der Waals surface area contributed by atoms with E-state index in [-0.39, 0.29) is 65.5 Å². The van der Waals surface area contributed by atoms with Crippen molar-refractivity contribution in [2.75, 3.05) is 59.9 Å². The monoisotopic (exact) mass is 1060 g/mol. The van der Waals surface area contributed by atoms with E-state index >= 15 is 0 Å². The Kier molecular flexibility index (Phi) is 25.5. The number of amides is 7. The summed E-state index contributed by atoms with van der Waals surface area (Å²) in [6.45, 7) is 15.2. The second kappa shape index (κ2) is 30.8. The number of carbonyl (C=O) groups excluding carboxylic acids is 8. The highest BCUT2D eigenvalue weighted by atomic mass is 16.5. The fourth-order valence-electron chi connectivity index (χ4n) is 10.8. The van der Waals surface area contributed by atoms with Crippen LogP contribution in [0.2, 0.25) is 0 Å². The van der Waals surface area contributed by atoms with Crippen molar-refractivity contribution >= 4 is 53.3 Å². The van der Waals surface area contributed by atoms with Gasteiger partial charge in [-0.2, -0.15) is 0 Å². The zero-order valence-electron chi connectivity index (χ0n) is 47.5. The molecular formula is C59H89N7O10. The van der Waals surface area contributed by atoms with E-state index in [4.69, 9.17) is 9.47 Å². The second-order valence-corrected chi connectivity index (χ2v) is 21.7. The van der Waals surface area contributed by atoms with Gasteiger partial charge >= 0.3 is 0 Å². The normalized spacial score (nSPS) is 17.8.